The third-order valence-electron chi connectivity index (χ3n) is 10.1. The van der Waals surface area contributed by atoms with Gasteiger partial charge in [-0.05, 0) is 79.8 Å². The monoisotopic (exact) mass is 669 g/mol. The second-order valence-electron chi connectivity index (χ2n) is 13.6. The molecule has 0 bridgehead atoms. The Morgan fingerprint density at radius 2 is 1.69 bits per heavy atom. The van der Waals surface area contributed by atoms with Crippen LogP contribution in [0.25, 0.3) is 0 Å². The minimum Gasteiger partial charge on any atom is -0.335 e. The number of hydrogen-bond acceptors (Lipinski definition) is 6. The Bertz CT molecular complexity index is 1590. The Morgan fingerprint density at radius 3 is 2.31 bits per heavy atom. The van der Waals surface area contributed by atoms with Gasteiger partial charge in [-0.1, -0.05) is 61.3 Å². The molecule has 1 saturated carbocycles. The number of carbonyl (C=O) groups is 2. The van der Waals surface area contributed by atoms with Crippen LogP contribution in [0.4, 0.5) is 4.39 Å². The molecule has 2 saturated heterocycles. The number of amidine groups is 1. The molecule has 238 valence electrons. The summed E-state index contributed by atoms with van der Waals surface area (Å²) in [6.07, 6.45) is 0.838. The molecule has 4 heterocycles. The fourth-order valence-electron chi connectivity index (χ4n) is 7.42. The molecule has 3 fully saturated rings. The molecular weight excluding hydrogens is 632 g/mol. The first kappa shape index (κ1) is 31.0. The van der Waals surface area contributed by atoms with E-state index in [9.17, 15) is 9.59 Å². The molecule has 7 rings (SSSR count). The van der Waals surface area contributed by atoms with E-state index in [-0.39, 0.29) is 48.3 Å². The van der Waals surface area contributed by atoms with Gasteiger partial charge >= 0.3 is 0 Å². The predicted octanol–water partition coefficient (Wildman–Crippen LogP) is 6.53. The Balaban J connectivity index is 1.25. The van der Waals surface area contributed by atoms with E-state index in [0.29, 0.717) is 33.2 Å². The van der Waals surface area contributed by atoms with Crippen LogP contribution >= 0.6 is 35.0 Å². The SMILES string of the molecule is CC(C)C1=C(C(=O)N2C[C@H](F)C[C@H]2C(=O)N2CC3(CC3)NC[C@@H]2C)SC2=N[C@@](C)(c3ccc(Cl)cc3)[C@@H](c3ccc(Cl)cc3)N21. The molecule has 2 aromatic carbocycles. The number of thioether (sulfide) groups is 1. The molecule has 0 radical (unpaired) electrons. The summed E-state index contributed by atoms with van der Waals surface area (Å²) in [5.41, 5.74) is 2.12. The zero-order valence-electron chi connectivity index (χ0n) is 25.9. The van der Waals surface area contributed by atoms with E-state index in [1.807, 2.05) is 60.4 Å². The molecule has 5 atom stereocenters. The standard InChI is InChI=1S/C34H38Cl2FN5O2S/c1-19(2)27-28(31(44)40-17-25(37)15-26(40)30(43)41-18-34(13-14-34)38-16-20(41)3)45-32-39-33(4,22-7-11-24(36)12-8-22)29(42(27)32)21-5-9-23(35)10-6-21/h5-12,19-20,25-26,29,38H,13-18H2,1-4H3/t20-,25+,26-,29+,33-/m0/s1. The number of piperazine rings is 1. The Labute approximate surface area is 278 Å². The summed E-state index contributed by atoms with van der Waals surface area (Å²) in [6.45, 7) is 9.46. The number of likely N-dealkylation sites (tertiary alicyclic amines) is 1. The molecule has 5 aliphatic rings. The van der Waals surface area contributed by atoms with Gasteiger partial charge in [-0.2, -0.15) is 0 Å². The molecule has 11 heteroatoms. The van der Waals surface area contributed by atoms with Crippen molar-refractivity contribution in [1.29, 1.82) is 0 Å². The normalized spacial score (nSPS) is 30.4. The number of alkyl halides is 1. The largest absolute Gasteiger partial charge is 0.335 e. The summed E-state index contributed by atoms with van der Waals surface area (Å²) in [5, 5.41) is 5.56. The van der Waals surface area contributed by atoms with Crippen molar-refractivity contribution >= 4 is 51.9 Å². The average Bonchev–Trinajstić information content (AvgIpc) is 3.33. The fourth-order valence-corrected chi connectivity index (χ4v) is 9.04. The maximum atomic E-state index is 15.1. The van der Waals surface area contributed by atoms with Crippen molar-refractivity contribution in [2.45, 2.75) is 82.3 Å². The second kappa shape index (κ2) is 11.3. The van der Waals surface area contributed by atoms with Crippen LogP contribution in [-0.4, -0.2) is 75.1 Å². The van der Waals surface area contributed by atoms with Crippen LogP contribution in [0.2, 0.25) is 10.0 Å². The number of halogens is 3. The van der Waals surface area contributed by atoms with Gasteiger partial charge in [-0.15, -0.1) is 0 Å². The van der Waals surface area contributed by atoms with Gasteiger partial charge in [-0.3, -0.25) is 9.59 Å². The third-order valence-corrected chi connectivity index (χ3v) is 11.6. The molecule has 2 amide bonds. The van der Waals surface area contributed by atoms with Gasteiger partial charge in [0.05, 0.1) is 12.6 Å². The Morgan fingerprint density at radius 1 is 1.04 bits per heavy atom. The molecule has 1 spiro atoms. The van der Waals surface area contributed by atoms with Crippen molar-refractivity contribution in [3.8, 4) is 0 Å². The molecule has 7 nitrogen and oxygen atoms in total. The van der Waals surface area contributed by atoms with E-state index in [1.165, 1.54) is 16.7 Å². The van der Waals surface area contributed by atoms with Crippen LogP contribution in [0, 0.1) is 5.92 Å². The minimum atomic E-state index is -1.25. The molecule has 2 aromatic rings. The minimum absolute atomic E-state index is 0.0175. The van der Waals surface area contributed by atoms with Crippen molar-refractivity contribution < 1.29 is 14.0 Å². The quantitative estimate of drug-likeness (QED) is 0.392. The molecular formula is C34H38Cl2FN5O2S. The first-order valence-corrected chi connectivity index (χ1v) is 17.3. The summed E-state index contributed by atoms with van der Waals surface area (Å²) >= 11 is 13.9. The number of rotatable bonds is 5. The first-order valence-electron chi connectivity index (χ1n) is 15.7. The van der Waals surface area contributed by atoms with Crippen LogP contribution in [-0.2, 0) is 15.1 Å². The number of nitrogens with zero attached hydrogens (tertiary/aromatic N) is 4. The zero-order chi connectivity index (χ0) is 31.8. The lowest BCUT2D eigenvalue weighted by atomic mass is 9.81. The van der Waals surface area contributed by atoms with Crippen molar-refractivity contribution in [2.75, 3.05) is 19.6 Å². The van der Waals surface area contributed by atoms with Gasteiger partial charge in [0.2, 0.25) is 5.91 Å². The van der Waals surface area contributed by atoms with Crippen molar-refractivity contribution in [3.05, 3.63) is 80.3 Å². The maximum Gasteiger partial charge on any atom is 0.263 e. The number of carbonyl (C=O) groups excluding carboxylic acids is 2. The summed E-state index contributed by atoms with van der Waals surface area (Å²) in [7, 11) is 0. The van der Waals surface area contributed by atoms with E-state index in [4.69, 9.17) is 28.2 Å². The van der Waals surface area contributed by atoms with E-state index in [0.717, 1.165) is 29.7 Å². The lowest BCUT2D eigenvalue weighted by Crippen LogP contribution is -2.61. The van der Waals surface area contributed by atoms with Gasteiger partial charge in [0.1, 0.15) is 22.7 Å². The number of hydrogen-bond donors (Lipinski definition) is 1. The summed E-state index contributed by atoms with van der Waals surface area (Å²) in [5.74, 6) is -0.496. The lowest BCUT2D eigenvalue weighted by Gasteiger charge is -2.41. The molecule has 0 unspecified atom stereocenters. The Hall–Kier alpha value is -2.59. The van der Waals surface area contributed by atoms with Gasteiger partial charge < -0.3 is 20.0 Å². The third kappa shape index (κ3) is 5.28. The number of fused-ring (bicyclic) bond motifs is 1. The van der Waals surface area contributed by atoms with E-state index < -0.39 is 17.8 Å². The van der Waals surface area contributed by atoms with Crippen molar-refractivity contribution in [2.24, 2.45) is 10.9 Å². The first-order chi connectivity index (χ1) is 21.4. The summed E-state index contributed by atoms with van der Waals surface area (Å²) in [4.78, 5) is 39.9. The number of amides is 2. The predicted molar refractivity (Wildman–Crippen MR) is 178 cm³/mol. The van der Waals surface area contributed by atoms with Gasteiger partial charge in [0.15, 0.2) is 5.17 Å². The number of benzene rings is 2. The van der Waals surface area contributed by atoms with E-state index in [2.05, 4.69) is 31.0 Å². The average molecular weight is 671 g/mol. The number of allylic oxidation sites excluding steroid dienone is 1. The maximum absolute atomic E-state index is 15.1. The second-order valence-corrected chi connectivity index (χ2v) is 15.5. The van der Waals surface area contributed by atoms with Crippen LogP contribution in [0.15, 0.2) is 64.1 Å². The highest BCUT2D eigenvalue weighted by molar-refractivity contribution is 8.18. The fraction of sp³-hybridized carbons (Fsp3) is 0.500. The zero-order valence-corrected chi connectivity index (χ0v) is 28.2. The summed E-state index contributed by atoms with van der Waals surface area (Å²) in [6, 6.07) is 14.4. The van der Waals surface area contributed by atoms with Crippen LogP contribution in [0.5, 0.6) is 0 Å². The molecule has 4 aliphatic heterocycles. The van der Waals surface area contributed by atoms with Crippen molar-refractivity contribution in [3.63, 3.8) is 0 Å². The molecule has 1 N–H and O–H groups in total. The highest BCUT2D eigenvalue weighted by Crippen LogP contribution is 2.56. The van der Waals surface area contributed by atoms with Crippen LogP contribution in [0.3, 0.4) is 0 Å². The van der Waals surface area contributed by atoms with Gasteiger partial charge in [0, 0.05) is 46.8 Å². The van der Waals surface area contributed by atoms with Crippen molar-refractivity contribution in [1.82, 2.24) is 20.0 Å². The number of aliphatic imine (C=N–C) groups is 1. The van der Waals surface area contributed by atoms with Gasteiger partial charge in [-0.25, -0.2) is 9.38 Å². The lowest BCUT2D eigenvalue weighted by molar-refractivity contribution is -0.144. The smallest absolute Gasteiger partial charge is 0.263 e. The molecule has 1 aliphatic carbocycles. The highest BCUT2D eigenvalue weighted by atomic mass is 35.5. The topological polar surface area (TPSA) is 68.2 Å². The van der Waals surface area contributed by atoms with Crippen LogP contribution < -0.4 is 5.32 Å². The number of nitrogens with one attached hydrogen (secondary N) is 1. The van der Waals surface area contributed by atoms with E-state index >= 15 is 4.39 Å². The van der Waals surface area contributed by atoms with E-state index in [1.54, 1.807) is 0 Å². The molecule has 45 heavy (non-hydrogen) atoms. The Kier molecular flexibility index (Phi) is 7.78. The molecule has 0 aromatic heterocycles. The summed E-state index contributed by atoms with van der Waals surface area (Å²) < 4.78 is 15.1. The van der Waals surface area contributed by atoms with Crippen LogP contribution in [0.1, 0.15) is 64.1 Å². The highest BCUT2D eigenvalue weighted by Gasteiger charge is 2.55. The van der Waals surface area contributed by atoms with Gasteiger partial charge in [0.25, 0.3) is 5.91 Å².